The molecule has 566 valence electrons. The van der Waals surface area contributed by atoms with Gasteiger partial charge < -0.3 is 66.0 Å². The van der Waals surface area contributed by atoms with E-state index < -0.39 is 90.6 Å². The van der Waals surface area contributed by atoms with Crippen molar-refractivity contribution >= 4 is 93.4 Å². The van der Waals surface area contributed by atoms with Gasteiger partial charge in [-0.1, -0.05) is 78.1 Å². The summed E-state index contributed by atoms with van der Waals surface area (Å²) >= 11 is 3.85. The number of carbonyl (C=O) groups excluding carboxylic acids is 9. The normalized spacial score (nSPS) is 18.0. The number of ether oxygens (including phenoxy) is 4. The fourth-order valence-electron chi connectivity index (χ4n) is 12.9. The van der Waals surface area contributed by atoms with Crippen LogP contribution in [0.5, 0.6) is 0 Å². The fourth-order valence-corrected chi connectivity index (χ4v) is 15.1. The minimum Gasteiger partial charge on any atom is -0.379 e. The Hall–Kier alpha value is -7.18. The highest BCUT2D eigenvalue weighted by Crippen LogP contribution is 2.32. The van der Waals surface area contributed by atoms with Crippen LogP contribution in [0.4, 0.5) is 5.69 Å². The summed E-state index contributed by atoms with van der Waals surface area (Å²) in [6, 6.07) is 7.20. The molecule has 28 nitrogen and oxygen atoms in total. The lowest BCUT2D eigenvalue weighted by molar-refractivity contribution is -0.147. The molecule has 9 amide bonds. The van der Waals surface area contributed by atoms with Crippen LogP contribution in [-0.4, -0.2) is 231 Å². The molecular weight excluding hydrogens is 1350 g/mol. The molecule has 0 aliphatic carbocycles. The van der Waals surface area contributed by atoms with Crippen LogP contribution in [0.1, 0.15) is 154 Å². The fraction of sp³-hybridized carbons (Fsp3) is 0.681. The van der Waals surface area contributed by atoms with Gasteiger partial charge in [0.05, 0.1) is 98.1 Å². The molecule has 3 aromatic rings. The van der Waals surface area contributed by atoms with Crippen molar-refractivity contribution in [2.75, 3.05) is 99.0 Å². The third-order valence-electron chi connectivity index (χ3n) is 18.7. The molecular formula is C72H113N15O13S2. The average Bonchev–Trinajstić information content (AvgIpc) is 0.973. The maximum absolute atomic E-state index is 14.4. The minimum absolute atomic E-state index is 0.00752. The van der Waals surface area contributed by atoms with Crippen molar-refractivity contribution < 1.29 is 62.1 Å². The number of anilines is 1. The predicted octanol–water partition coefficient (Wildman–Crippen LogP) is 6.72. The van der Waals surface area contributed by atoms with Crippen LogP contribution in [0.2, 0.25) is 0 Å². The van der Waals surface area contributed by atoms with E-state index in [2.05, 4.69) is 54.2 Å². The summed E-state index contributed by atoms with van der Waals surface area (Å²) in [5.41, 5.74) is 14.4. The van der Waals surface area contributed by atoms with Gasteiger partial charge in [0.2, 0.25) is 47.3 Å². The van der Waals surface area contributed by atoms with Gasteiger partial charge in [0.15, 0.2) is 0 Å². The van der Waals surface area contributed by atoms with Gasteiger partial charge in [-0.25, -0.2) is 9.97 Å². The molecule has 102 heavy (non-hydrogen) atoms. The van der Waals surface area contributed by atoms with Crippen LogP contribution in [0.3, 0.4) is 0 Å². The molecule has 0 radical (unpaired) electrons. The second kappa shape index (κ2) is 44.5. The molecule has 1 fully saturated rings. The molecule has 0 spiro atoms. The number of nitrogens with zero attached hydrogens (tertiary/aromatic N) is 8. The van der Waals surface area contributed by atoms with Crippen molar-refractivity contribution in [2.24, 2.45) is 22.9 Å². The van der Waals surface area contributed by atoms with Crippen LogP contribution >= 0.6 is 23.5 Å². The highest BCUT2D eigenvalue weighted by Gasteiger charge is 2.43. The van der Waals surface area contributed by atoms with Crippen LogP contribution in [0, 0.1) is 17.8 Å². The molecule has 3 heterocycles. The van der Waals surface area contributed by atoms with E-state index in [-0.39, 0.29) is 100 Å². The van der Waals surface area contributed by atoms with Crippen molar-refractivity contribution in [1.82, 2.24) is 56.6 Å². The van der Waals surface area contributed by atoms with E-state index in [4.69, 9.17) is 28.9 Å². The van der Waals surface area contributed by atoms with E-state index in [0.717, 1.165) is 46.1 Å². The van der Waals surface area contributed by atoms with Gasteiger partial charge in [-0.2, -0.15) is 23.5 Å². The molecule has 0 saturated carbocycles. The minimum atomic E-state index is -1.06. The number of likely N-dealkylation sites (tertiary alicyclic amines) is 1. The zero-order chi connectivity index (χ0) is 75.0. The topological polar surface area (TPSA) is 359 Å². The summed E-state index contributed by atoms with van der Waals surface area (Å²) in [5.74, 6) is -1.77. The van der Waals surface area contributed by atoms with Gasteiger partial charge in [0.1, 0.15) is 18.1 Å². The Morgan fingerprint density at radius 1 is 0.725 bits per heavy atom. The lowest BCUT2D eigenvalue weighted by atomic mass is 9.90. The van der Waals surface area contributed by atoms with E-state index in [1.165, 1.54) is 53.8 Å². The van der Waals surface area contributed by atoms with Crippen molar-refractivity contribution in [3.05, 3.63) is 75.4 Å². The van der Waals surface area contributed by atoms with Gasteiger partial charge in [-0.15, -0.1) is 0 Å². The largest absolute Gasteiger partial charge is 0.379 e. The summed E-state index contributed by atoms with van der Waals surface area (Å²) in [6.07, 6.45) is 6.73. The van der Waals surface area contributed by atoms with Gasteiger partial charge in [0, 0.05) is 86.3 Å². The molecule has 7 N–H and O–H groups in total. The summed E-state index contributed by atoms with van der Waals surface area (Å²) in [7, 11) is 8.33. The number of thioether (sulfide) groups is 2. The predicted molar refractivity (Wildman–Crippen MR) is 397 cm³/mol. The van der Waals surface area contributed by atoms with Crippen LogP contribution in [-0.2, 0) is 75.2 Å². The number of rotatable bonds is 39. The number of amides is 9. The molecule has 1 saturated heterocycles. The van der Waals surface area contributed by atoms with E-state index in [1.807, 2.05) is 76.3 Å². The number of hydrogen-bond acceptors (Lipinski definition) is 19. The molecule has 12 atom stereocenters. The van der Waals surface area contributed by atoms with Gasteiger partial charge in [-0.05, 0) is 132 Å². The third-order valence-corrected chi connectivity index (χ3v) is 21.3. The number of benzene rings is 2. The quantitative estimate of drug-likeness (QED) is 0.0135. The zero-order valence-electron chi connectivity index (χ0n) is 62.3. The number of azide groups is 1. The smallest absolute Gasteiger partial charge is 0.251 e. The van der Waals surface area contributed by atoms with Gasteiger partial charge >= 0.3 is 0 Å². The molecule has 1 aromatic heterocycles. The average molecular weight is 1460 g/mol. The maximum Gasteiger partial charge on any atom is 0.251 e. The SMILES string of the molecule is CCC1CCCCCSCc2nc3ccc(C(=O)NCCOCCOCCC(=O)N[C@@H](C)C(=O)N[C@@H](C)C(=O)NCC(=O)Nc4ccc(C[C@@H](CN=[N+]=[N-])NC(=O)[C@H](C)[C@@H](OC)[C@@H]5CCCN5C(=O)C[C@@H](OC)[C@H]([C@@H](C)CC)N(C)C(=O)[C@H](C)NC(=O)[C@H](C(C)C)N(C)C)cc4)cc3nc2CS1. The monoisotopic (exact) mass is 1460 g/mol. The highest BCUT2D eigenvalue weighted by atomic mass is 32.2. The third kappa shape index (κ3) is 27.1. The number of fused-ring (bicyclic) bond motifs is 2. The Morgan fingerprint density at radius 3 is 2.08 bits per heavy atom. The van der Waals surface area contributed by atoms with Gasteiger partial charge in [0.25, 0.3) is 5.91 Å². The number of carbonyl (C=O) groups is 9. The number of hydrogen-bond donors (Lipinski definition) is 7. The first kappa shape index (κ1) is 85.5. The van der Waals surface area contributed by atoms with E-state index >= 15 is 0 Å². The molecule has 0 bridgehead atoms. The first-order valence-corrected chi connectivity index (χ1v) is 38.0. The van der Waals surface area contributed by atoms with Crippen molar-refractivity contribution in [3.63, 3.8) is 0 Å². The van der Waals surface area contributed by atoms with Crippen LogP contribution in [0.15, 0.2) is 47.6 Å². The Balaban J connectivity index is 0.991. The number of likely N-dealkylation sites (N-methyl/N-ethyl adjacent to an activating group) is 2. The van der Waals surface area contributed by atoms with E-state index in [1.54, 1.807) is 67.1 Å². The Kier molecular flexibility index (Phi) is 37.3. The van der Waals surface area contributed by atoms with Crippen LogP contribution < -0.4 is 37.2 Å². The second-order valence-corrected chi connectivity index (χ2v) is 29.5. The van der Waals surface area contributed by atoms with Gasteiger partial charge in [-0.3, -0.25) is 48.1 Å². The summed E-state index contributed by atoms with van der Waals surface area (Å²) in [4.78, 5) is 138. The maximum atomic E-state index is 14.4. The lowest BCUT2D eigenvalue weighted by Crippen LogP contribution is -2.57. The Morgan fingerprint density at radius 2 is 1.41 bits per heavy atom. The molecule has 2 aliphatic heterocycles. The first-order chi connectivity index (χ1) is 48.7. The molecule has 2 aliphatic rings. The lowest BCUT2D eigenvalue weighted by Gasteiger charge is -2.40. The first-order valence-electron chi connectivity index (χ1n) is 35.8. The van der Waals surface area contributed by atoms with E-state index in [0.29, 0.717) is 47.8 Å². The van der Waals surface area contributed by atoms with Crippen molar-refractivity contribution in [2.45, 2.75) is 204 Å². The van der Waals surface area contributed by atoms with Crippen LogP contribution in [0.25, 0.3) is 21.5 Å². The Bertz CT molecular complexity index is 3270. The molecule has 1 unspecified atom stereocenters. The Labute approximate surface area is 610 Å². The van der Waals surface area contributed by atoms with Crippen molar-refractivity contribution in [3.8, 4) is 0 Å². The highest BCUT2D eigenvalue weighted by molar-refractivity contribution is 7.99. The standard InChI is InChI=1S/C72H113N15O13S2/c1-15-45(5)65(86(12)72(96)49(9)79-71(95)64(44(3)4)85(10)11)60(97-13)39-63(90)87-31-20-22-59(87)66(98-14)46(6)67(91)81-53(40-76-84-73)37-50-23-26-52(27-24-50)80-62(89)41-75-68(92)47(7)78-69(93)48(8)77-61(88)29-32-99-34-35-100-33-30-74-70(94)51-25-28-55-56(38-51)83-58-43-102-54(16-2)21-18-17-19-36-101-42-57(58)82-55/h23-28,38,44-49,53-54,59-60,64-66H,15-22,29-37,39-43H2,1-14H3,(H,74,94)(H,75,92)(H,77,88)(H,78,93)(H,79,95)(H,80,89)(H,81,91)/t45-,46+,47-,48-,49-,53-,54?,59-,60+,64-,65-,66+/m0/s1. The number of aromatic nitrogens is 2. The number of methoxy groups -OCH3 is 2. The summed E-state index contributed by atoms with van der Waals surface area (Å²) in [5, 5.41) is 23.5. The number of nitrogens with one attached hydrogen (secondary N) is 7. The second-order valence-electron chi connectivity index (χ2n) is 27.1. The zero-order valence-corrected chi connectivity index (χ0v) is 63.9. The summed E-state index contributed by atoms with van der Waals surface area (Å²) in [6.45, 7) is 17.4. The molecule has 5 rings (SSSR count). The molecule has 2 aromatic carbocycles. The summed E-state index contributed by atoms with van der Waals surface area (Å²) < 4.78 is 23.2. The van der Waals surface area contributed by atoms with E-state index in [9.17, 15) is 48.7 Å². The molecule has 30 heteroatoms. The van der Waals surface area contributed by atoms with Crippen molar-refractivity contribution in [1.29, 1.82) is 0 Å².